The van der Waals surface area contributed by atoms with E-state index in [1.807, 2.05) is 0 Å². The highest BCUT2D eigenvalue weighted by Crippen LogP contribution is 2.38. The lowest BCUT2D eigenvalue weighted by molar-refractivity contribution is -0.178. The molecule has 4 rings (SSSR count). The molecule has 0 aliphatic carbocycles. The minimum Gasteiger partial charge on any atom is -0.505 e. The number of halogens is 3. The van der Waals surface area contributed by atoms with E-state index in [1.165, 1.54) is 6.20 Å². The van der Waals surface area contributed by atoms with Crippen molar-refractivity contribution in [2.75, 3.05) is 6.61 Å². The number of aliphatic hydroxyl groups excluding tert-OH is 3. The van der Waals surface area contributed by atoms with E-state index in [-0.39, 0.29) is 22.0 Å². The van der Waals surface area contributed by atoms with E-state index in [0.717, 1.165) is 34.6 Å². The number of nitrogens with zero attached hydrogens (tertiary/aromatic N) is 6. The van der Waals surface area contributed by atoms with Crippen molar-refractivity contribution in [3.8, 4) is 23.1 Å². The summed E-state index contributed by atoms with van der Waals surface area (Å²) in [4.78, 5) is 0. The molecule has 15 heteroatoms. The summed E-state index contributed by atoms with van der Waals surface area (Å²) in [6.07, 6.45) is -2.97. The largest absolute Gasteiger partial charge is 0.505 e. The number of benzene rings is 1. The third-order valence-electron chi connectivity index (χ3n) is 5.04. The molecule has 4 N–H and O–H groups in total. The van der Waals surface area contributed by atoms with Gasteiger partial charge in [-0.15, -0.1) is 15.3 Å². The first-order chi connectivity index (χ1) is 16.2. The second-order valence-corrected chi connectivity index (χ2v) is 8.30. The summed E-state index contributed by atoms with van der Waals surface area (Å²) in [5, 5.41) is 64.8. The summed E-state index contributed by atoms with van der Waals surface area (Å²) in [5.74, 6) is -4.95. The molecule has 0 amide bonds. The molecule has 1 fully saturated rings. The van der Waals surface area contributed by atoms with Crippen LogP contribution in [0.25, 0.3) is 11.3 Å². The monoisotopic (exact) mass is 496 g/mol. The standard InChI is InChI=1S/C19H15F3N6O5S/c20-8-1-7(2-9(21)15(8)22)11-5-28(27-25-11)16-17(31)13(6-29)33-19(18(16)32)34-14-3-12(30)10(4-23)24-26-14/h1-3,5,13,16-19,29,31-32H,6H2,(H,26,30)/t13?,16?,17-,18?,19+/m0/s1. The Morgan fingerprint density at radius 3 is 2.41 bits per heavy atom. The van der Waals surface area contributed by atoms with Crippen molar-refractivity contribution in [3.05, 3.63) is 47.5 Å². The number of aromatic hydroxyl groups is 1. The van der Waals surface area contributed by atoms with Crippen molar-refractivity contribution >= 4 is 11.8 Å². The molecule has 3 heterocycles. The lowest BCUT2D eigenvalue weighted by Gasteiger charge is -2.41. The number of nitriles is 1. The number of rotatable bonds is 5. The van der Waals surface area contributed by atoms with Gasteiger partial charge in [0.15, 0.2) is 23.2 Å². The van der Waals surface area contributed by atoms with Gasteiger partial charge in [-0.25, -0.2) is 17.9 Å². The van der Waals surface area contributed by atoms with Crippen LogP contribution in [0.2, 0.25) is 0 Å². The Morgan fingerprint density at radius 1 is 1.09 bits per heavy atom. The summed E-state index contributed by atoms with van der Waals surface area (Å²) in [5.41, 5.74) is -1.66. The second kappa shape index (κ2) is 9.52. The molecule has 1 aliphatic rings. The fraction of sp³-hybridized carbons (Fsp3) is 0.316. The highest BCUT2D eigenvalue weighted by Gasteiger charge is 2.46. The molecule has 0 saturated carbocycles. The lowest BCUT2D eigenvalue weighted by Crippen LogP contribution is -2.55. The Bertz CT molecular complexity index is 1230. The normalized spacial score (nSPS) is 24.7. The van der Waals surface area contributed by atoms with Crippen molar-refractivity contribution in [2.24, 2.45) is 0 Å². The van der Waals surface area contributed by atoms with Crippen molar-refractivity contribution < 1.29 is 38.3 Å². The van der Waals surface area contributed by atoms with Gasteiger partial charge in [-0.3, -0.25) is 0 Å². The average molecular weight is 496 g/mol. The minimum atomic E-state index is -1.64. The Morgan fingerprint density at radius 2 is 1.79 bits per heavy atom. The zero-order valence-corrected chi connectivity index (χ0v) is 17.6. The fourth-order valence-electron chi connectivity index (χ4n) is 3.36. The Labute approximate surface area is 193 Å². The predicted molar refractivity (Wildman–Crippen MR) is 106 cm³/mol. The van der Waals surface area contributed by atoms with Gasteiger partial charge in [0, 0.05) is 11.6 Å². The second-order valence-electron chi connectivity index (χ2n) is 7.18. The van der Waals surface area contributed by atoms with Crippen LogP contribution in [0, 0.1) is 28.8 Å². The molecular formula is C19H15F3N6O5S. The number of thioether (sulfide) groups is 1. The Balaban J connectivity index is 1.63. The van der Waals surface area contributed by atoms with E-state index in [0.29, 0.717) is 0 Å². The Kier molecular flexibility index (Phi) is 6.68. The van der Waals surface area contributed by atoms with Crippen molar-refractivity contribution in [2.45, 2.75) is 34.8 Å². The number of ether oxygens (including phenoxy) is 1. The van der Waals surface area contributed by atoms with Crippen LogP contribution in [0.5, 0.6) is 5.75 Å². The van der Waals surface area contributed by atoms with Gasteiger partial charge in [-0.1, -0.05) is 17.0 Å². The van der Waals surface area contributed by atoms with Gasteiger partial charge < -0.3 is 25.2 Å². The first kappa shape index (κ1) is 23.9. The van der Waals surface area contributed by atoms with Crippen molar-refractivity contribution in [3.63, 3.8) is 0 Å². The Hall–Kier alpha value is -3.29. The van der Waals surface area contributed by atoms with Crippen LogP contribution in [0.4, 0.5) is 13.2 Å². The molecule has 0 bridgehead atoms. The predicted octanol–water partition coefficient (Wildman–Crippen LogP) is 0.502. The van der Waals surface area contributed by atoms with Gasteiger partial charge in [0.25, 0.3) is 0 Å². The van der Waals surface area contributed by atoms with Crippen LogP contribution < -0.4 is 0 Å². The van der Waals surface area contributed by atoms with Gasteiger partial charge in [0.05, 0.1) is 12.8 Å². The summed E-state index contributed by atoms with van der Waals surface area (Å²) in [6, 6.07) is 2.97. The smallest absolute Gasteiger partial charge is 0.204 e. The highest BCUT2D eigenvalue weighted by atomic mass is 32.2. The maximum absolute atomic E-state index is 13.6. The molecule has 2 aromatic heterocycles. The van der Waals surface area contributed by atoms with Crippen molar-refractivity contribution in [1.82, 2.24) is 25.2 Å². The molecule has 0 spiro atoms. The molecule has 1 aliphatic heterocycles. The molecule has 178 valence electrons. The molecule has 11 nitrogen and oxygen atoms in total. The fourth-order valence-corrected chi connectivity index (χ4v) is 4.36. The van der Waals surface area contributed by atoms with Crippen LogP contribution in [0.15, 0.2) is 29.4 Å². The zero-order valence-electron chi connectivity index (χ0n) is 16.8. The summed E-state index contributed by atoms with van der Waals surface area (Å²) in [6.45, 7) is -0.637. The van der Waals surface area contributed by atoms with E-state index in [2.05, 4.69) is 20.5 Å². The van der Waals surface area contributed by atoms with Gasteiger partial charge in [0.1, 0.15) is 46.6 Å². The summed E-state index contributed by atoms with van der Waals surface area (Å²) in [7, 11) is 0. The quantitative estimate of drug-likeness (QED) is 0.363. The molecule has 1 saturated heterocycles. The number of hydrogen-bond acceptors (Lipinski definition) is 11. The molecular weight excluding hydrogens is 481 g/mol. The maximum atomic E-state index is 13.6. The first-order valence-electron chi connectivity index (χ1n) is 9.56. The summed E-state index contributed by atoms with van der Waals surface area (Å²) < 4.78 is 47.0. The number of aromatic nitrogens is 5. The van der Waals surface area contributed by atoms with Gasteiger partial charge in [0.2, 0.25) is 5.69 Å². The van der Waals surface area contributed by atoms with E-state index >= 15 is 0 Å². The van der Waals surface area contributed by atoms with Crippen LogP contribution >= 0.6 is 11.8 Å². The van der Waals surface area contributed by atoms with E-state index < -0.39 is 59.6 Å². The highest BCUT2D eigenvalue weighted by molar-refractivity contribution is 7.99. The van der Waals surface area contributed by atoms with Gasteiger partial charge >= 0.3 is 0 Å². The maximum Gasteiger partial charge on any atom is 0.204 e. The van der Waals surface area contributed by atoms with E-state index in [4.69, 9.17) is 10.00 Å². The van der Waals surface area contributed by atoms with Crippen LogP contribution in [0.1, 0.15) is 11.7 Å². The topological polar surface area (TPSA) is 170 Å². The molecule has 1 aromatic carbocycles. The third kappa shape index (κ3) is 4.41. The van der Waals surface area contributed by atoms with Crippen LogP contribution in [0.3, 0.4) is 0 Å². The van der Waals surface area contributed by atoms with Crippen molar-refractivity contribution in [1.29, 1.82) is 5.26 Å². The van der Waals surface area contributed by atoms with Crippen LogP contribution in [-0.2, 0) is 4.74 Å². The average Bonchev–Trinajstić information content (AvgIpc) is 3.29. The number of hydrogen-bond donors (Lipinski definition) is 4. The first-order valence-corrected chi connectivity index (χ1v) is 10.4. The van der Waals surface area contributed by atoms with Gasteiger partial charge in [-0.2, -0.15) is 5.26 Å². The third-order valence-corrected chi connectivity index (χ3v) is 6.10. The van der Waals surface area contributed by atoms with Gasteiger partial charge in [-0.05, 0) is 12.1 Å². The lowest BCUT2D eigenvalue weighted by atomic mass is 9.97. The SMILES string of the molecule is N#Cc1nnc(S[C@H]2OC(CO)[C@H](O)C(n3cc(-c4cc(F)c(F)c(F)c4)nn3)C2O)cc1O. The van der Waals surface area contributed by atoms with E-state index in [1.54, 1.807) is 6.07 Å². The summed E-state index contributed by atoms with van der Waals surface area (Å²) >= 11 is 0.794. The molecule has 34 heavy (non-hydrogen) atoms. The molecule has 0 radical (unpaired) electrons. The minimum absolute atomic E-state index is 0.0728. The zero-order chi connectivity index (χ0) is 24.6. The molecule has 5 atom stereocenters. The molecule has 3 unspecified atom stereocenters. The molecule has 3 aromatic rings. The van der Waals surface area contributed by atoms with Crippen LogP contribution in [-0.4, -0.2) is 76.0 Å². The number of aliphatic hydroxyl groups is 3. The van der Waals surface area contributed by atoms with E-state index in [9.17, 15) is 33.6 Å².